The summed E-state index contributed by atoms with van der Waals surface area (Å²) in [5.41, 5.74) is 0. The van der Waals surface area contributed by atoms with E-state index in [9.17, 15) is 43.5 Å². The summed E-state index contributed by atoms with van der Waals surface area (Å²) in [5, 5.41) is 20.7. The van der Waals surface area contributed by atoms with E-state index < -0.39 is 91.5 Å². The first-order chi connectivity index (χ1) is 54.2. The molecule has 111 heavy (non-hydrogen) atoms. The molecule has 644 valence electrons. The van der Waals surface area contributed by atoms with Gasteiger partial charge >= 0.3 is 33.6 Å². The zero-order valence-electron chi connectivity index (χ0n) is 70.9. The van der Waals surface area contributed by atoms with Gasteiger partial charge in [-0.15, -0.1) is 0 Å². The number of carbonyl (C=O) groups excluding carboxylic acids is 3. The van der Waals surface area contributed by atoms with Crippen molar-refractivity contribution in [1.82, 2.24) is 0 Å². The van der Waals surface area contributed by atoms with Crippen molar-refractivity contribution in [2.45, 2.75) is 424 Å². The average Bonchev–Trinajstić information content (AvgIpc) is 0.912. The molecule has 0 rings (SSSR count). The summed E-state index contributed by atoms with van der Waals surface area (Å²) in [6.45, 7) is 2.61. The molecule has 0 fully saturated rings. The van der Waals surface area contributed by atoms with E-state index in [-0.39, 0.29) is 19.3 Å². The Hall–Kier alpha value is -3.79. The largest absolute Gasteiger partial charge is 0.472 e. The number of rotatable bonds is 86. The van der Waals surface area contributed by atoms with E-state index in [2.05, 4.69) is 130 Å². The molecule has 0 aromatic carbocycles. The second kappa shape index (κ2) is 85.6. The van der Waals surface area contributed by atoms with Gasteiger partial charge in [0.25, 0.3) is 0 Å². The molecule has 0 saturated heterocycles. The lowest BCUT2D eigenvalue weighted by atomic mass is 10.0. The summed E-state index contributed by atoms with van der Waals surface area (Å²) in [4.78, 5) is 58.9. The van der Waals surface area contributed by atoms with E-state index in [1.165, 1.54) is 218 Å². The molecule has 5 unspecified atom stereocenters. The standard InChI is InChI=1S/C93H166O16P2/c1-4-7-10-13-16-19-22-25-28-30-32-34-36-38-40-41-42-43-44-45-47-49-50-52-54-56-59-61-64-67-70-73-76-79-91(96)103-82-88(94)83-105-110(99,100)106-84-89(95)85-107-111(101,102)108-87-90(109-93(98)81-78-75-72-69-66-63-58-27-24-21-18-15-12-9-6-3)86-104-92(97)80-77-74-71-68-65-62-60-57-55-53-51-48-46-39-37-35-33-31-29-26-23-20-17-14-11-8-5-2/h8,11,16-17,19-20,25-26,28-29,32-35,38-40,46,88-90,94-95H,4-7,9-10,12-15,18,21-24,27,30-31,36-37,41-45,47-87H2,1-3H3,(H,99,100)(H,101,102)/b11-8-,19-16-,20-17-,28-25-,29-26-,34-32-,35-33-,40-38-,46-39-. The van der Waals surface area contributed by atoms with Gasteiger partial charge in [-0.2, -0.15) is 0 Å². The molecule has 0 spiro atoms. The van der Waals surface area contributed by atoms with Crippen LogP contribution in [0, 0.1) is 0 Å². The third-order valence-corrected chi connectivity index (χ3v) is 21.4. The highest BCUT2D eigenvalue weighted by Crippen LogP contribution is 2.45. The molecule has 0 heterocycles. The van der Waals surface area contributed by atoms with E-state index >= 15 is 0 Å². The second-order valence-corrected chi connectivity index (χ2v) is 33.3. The van der Waals surface area contributed by atoms with Gasteiger partial charge in [0.15, 0.2) is 6.10 Å². The van der Waals surface area contributed by atoms with Crippen LogP contribution in [0.1, 0.15) is 406 Å². The maximum Gasteiger partial charge on any atom is 0.472 e. The Morgan fingerprint density at radius 1 is 0.261 bits per heavy atom. The first kappa shape index (κ1) is 107. The van der Waals surface area contributed by atoms with Gasteiger partial charge < -0.3 is 34.2 Å². The summed E-state index contributed by atoms with van der Waals surface area (Å²) in [6.07, 6.45) is 103. The number of ether oxygens (including phenoxy) is 3. The van der Waals surface area contributed by atoms with Crippen LogP contribution < -0.4 is 0 Å². The van der Waals surface area contributed by atoms with Crippen molar-refractivity contribution in [3.8, 4) is 0 Å². The van der Waals surface area contributed by atoms with Crippen molar-refractivity contribution >= 4 is 33.6 Å². The Morgan fingerprint density at radius 3 is 0.775 bits per heavy atom. The predicted octanol–water partition coefficient (Wildman–Crippen LogP) is 27.4. The van der Waals surface area contributed by atoms with Crippen LogP contribution in [-0.2, 0) is 55.8 Å². The maximum absolute atomic E-state index is 13.0. The normalized spacial score (nSPS) is 14.3. The van der Waals surface area contributed by atoms with Crippen LogP contribution >= 0.6 is 15.6 Å². The summed E-state index contributed by atoms with van der Waals surface area (Å²) in [6, 6.07) is 0. The van der Waals surface area contributed by atoms with Crippen LogP contribution in [0.15, 0.2) is 109 Å². The van der Waals surface area contributed by atoms with Gasteiger partial charge in [-0.25, -0.2) is 9.13 Å². The smallest absolute Gasteiger partial charge is 0.463 e. The van der Waals surface area contributed by atoms with Crippen molar-refractivity contribution in [3.63, 3.8) is 0 Å². The van der Waals surface area contributed by atoms with Gasteiger partial charge in [0, 0.05) is 19.3 Å². The van der Waals surface area contributed by atoms with Gasteiger partial charge in [0.05, 0.1) is 26.4 Å². The lowest BCUT2D eigenvalue weighted by molar-refractivity contribution is -0.161. The van der Waals surface area contributed by atoms with Gasteiger partial charge in [-0.05, 0) is 109 Å². The molecule has 0 aliphatic rings. The number of phosphoric acid groups is 2. The Labute approximate surface area is 679 Å². The topological polar surface area (TPSA) is 231 Å². The van der Waals surface area contributed by atoms with Gasteiger partial charge in [-0.1, -0.05) is 387 Å². The van der Waals surface area contributed by atoms with Crippen LogP contribution in [0.4, 0.5) is 0 Å². The number of allylic oxidation sites excluding steroid dienone is 18. The monoisotopic (exact) mass is 1600 g/mol. The van der Waals surface area contributed by atoms with Crippen molar-refractivity contribution in [2.75, 3.05) is 39.6 Å². The Kier molecular flexibility index (Phi) is 82.7. The Balaban J connectivity index is 4.44. The molecule has 0 aromatic rings. The van der Waals surface area contributed by atoms with Gasteiger partial charge in [-0.3, -0.25) is 32.5 Å². The highest BCUT2D eigenvalue weighted by atomic mass is 31.2. The van der Waals surface area contributed by atoms with Crippen molar-refractivity contribution in [1.29, 1.82) is 0 Å². The fourth-order valence-electron chi connectivity index (χ4n) is 12.6. The van der Waals surface area contributed by atoms with E-state index in [1.54, 1.807) is 0 Å². The summed E-state index contributed by atoms with van der Waals surface area (Å²) in [7, 11) is -9.79. The number of esters is 3. The minimum atomic E-state index is -4.93. The zero-order chi connectivity index (χ0) is 80.8. The minimum absolute atomic E-state index is 0.108. The van der Waals surface area contributed by atoms with Crippen molar-refractivity contribution < 1.29 is 75.8 Å². The molecule has 0 bridgehead atoms. The molecule has 18 heteroatoms. The van der Waals surface area contributed by atoms with Crippen LogP contribution in [-0.4, -0.2) is 95.9 Å². The Morgan fingerprint density at radius 2 is 0.477 bits per heavy atom. The minimum Gasteiger partial charge on any atom is -0.463 e. The molecule has 5 atom stereocenters. The molecule has 4 N–H and O–H groups in total. The zero-order valence-corrected chi connectivity index (χ0v) is 72.7. The van der Waals surface area contributed by atoms with E-state index in [0.29, 0.717) is 19.3 Å². The van der Waals surface area contributed by atoms with Crippen LogP contribution in [0.5, 0.6) is 0 Å². The maximum atomic E-state index is 13.0. The number of phosphoric ester groups is 2. The number of carbonyl (C=O) groups is 3. The fourth-order valence-corrected chi connectivity index (χ4v) is 14.2. The van der Waals surface area contributed by atoms with Crippen molar-refractivity contribution in [2.24, 2.45) is 0 Å². The molecule has 0 aliphatic carbocycles. The first-order valence-electron chi connectivity index (χ1n) is 45.2. The molecule has 16 nitrogen and oxygen atoms in total. The summed E-state index contributed by atoms with van der Waals surface area (Å²) < 4.78 is 61.4. The highest BCUT2D eigenvalue weighted by molar-refractivity contribution is 7.47. The van der Waals surface area contributed by atoms with Gasteiger partial charge in [0.1, 0.15) is 25.4 Å². The van der Waals surface area contributed by atoms with E-state index in [0.717, 1.165) is 128 Å². The molecule has 0 radical (unpaired) electrons. The quantitative estimate of drug-likeness (QED) is 0.0146. The summed E-state index contributed by atoms with van der Waals surface area (Å²) >= 11 is 0. The third kappa shape index (κ3) is 86.9. The number of aliphatic hydroxyl groups is 2. The molecule has 0 saturated carbocycles. The van der Waals surface area contributed by atoms with Crippen LogP contribution in [0.25, 0.3) is 0 Å². The molecule has 0 amide bonds. The molecular formula is C93H166O16P2. The fraction of sp³-hybridized carbons (Fsp3) is 0.774. The van der Waals surface area contributed by atoms with E-state index in [1.807, 2.05) is 0 Å². The number of unbranched alkanes of at least 4 members (excludes halogenated alkanes) is 45. The lowest BCUT2D eigenvalue weighted by Crippen LogP contribution is -2.30. The highest BCUT2D eigenvalue weighted by Gasteiger charge is 2.29. The SMILES string of the molecule is CC/C=C\C/C=C\C/C=C\C/C=C\C/C=C\CCCCCCCCCCCCCC(=O)OCC(COP(=O)(O)OCC(O)COP(=O)(O)OCC(O)COC(=O)CCCCCCCCCCCCCCCCCCC/C=C\C/C=C\C/C=C\C/C=C\CCCCC)OC(=O)CCCCCCCCCCCCCCCCC. The van der Waals surface area contributed by atoms with Crippen molar-refractivity contribution in [3.05, 3.63) is 109 Å². The van der Waals surface area contributed by atoms with Crippen LogP contribution in [0.2, 0.25) is 0 Å². The summed E-state index contributed by atoms with van der Waals surface area (Å²) in [5.74, 6) is -1.55. The number of aliphatic hydroxyl groups excluding tert-OH is 2. The number of hydrogen-bond acceptors (Lipinski definition) is 14. The molecular weight excluding hydrogens is 1430 g/mol. The average molecular weight is 1600 g/mol. The Bertz CT molecular complexity index is 2450. The molecule has 0 aliphatic heterocycles. The van der Waals surface area contributed by atoms with Gasteiger partial charge in [0.2, 0.25) is 0 Å². The molecule has 0 aromatic heterocycles. The van der Waals surface area contributed by atoms with E-state index in [4.69, 9.17) is 32.3 Å². The third-order valence-electron chi connectivity index (χ3n) is 19.5. The first-order valence-corrected chi connectivity index (χ1v) is 48.2. The second-order valence-electron chi connectivity index (χ2n) is 30.4. The predicted molar refractivity (Wildman–Crippen MR) is 464 cm³/mol. The number of hydrogen-bond donors (Lipinski definition) is 4. The van der Waals surface area contributed by atoms with Crippen LogP contribution in [0.3, 0.4) is 0 Å². The lowest BCUT2D eigenvalue weighted by Gasteiger charge is -2.21.